The topological polar surface area (TPSA) is 85.3 Å². The first-order chi connectivity index (χ1) is 14.9. The van der Waals surface area contributed by atoms with Gasteiger partial charge in [0.25, 0.3) is 0 Å². The average Bonchev–Trinajstić information content (AvgIpc) is 3.16. The van der Waals surface area contributed by atoms with Gasteiger partial charge in [-0.3, -0.25) is 4.79 Å². The molecule has 7 heteroatoms. The van der Waals surface area contributed by atoms with E-state index in [1.807, 2.05) is 86.1 Å². The minimum Gasteiger partial charge on any atom is -0.445 e. The predicted molar refractivity (Wildman–Crippen MR) is 120 cm³/mol. The van der Waals surface area contributed by atoms with E-state index in [1.54, 1.807) is 6.20 Å². The summed E-state index contributed by atoms with van der Waals surface area (Å²) in [6.07, 6.45) is 3.08. The third-order valence-electron chi connectivity index (χ3n) is 4.93. The van der Waals surface area contributed by atoms with Crippen molar-refractivity contribution in [3.63, 3.8) is 0 Å². The molecule has 0 aliphatic carbocycles. The number of nitrogens with zero attached hydrogens (tertiary/aromatic N) is 2. The van der Waals surface area contributed by atoms with Gasteiger partial charge in [0.15, 0.2) is 0 Å². The summed E-state index contributed by atoms with van der Waals surface area (Å²) in [7, 11) is 0. The number of hydrogen-bond donors (Lipinski definition) is 2. The molecule has 3 rings (SSSR count). The molecule has 0 aliphatic rings. The Balaban J connectivity index is 1.54. The lowest BCUT2D eigenvalue weighted by atomic mass is 10.0. The first-order valence-corrected chi connectivity index (χ1v) is 10.3. The number of imidazole rings is 1. The quantitative estimate of drug-likeness (QED) is 0.574. The smallest absolute Gasteiger partial charge is 0.408 e. The fourth-order valence-corrected chi connectivity index (χ4v) is 3.11. The van der Waals surface area contributed by atoms with Crippen molar-refractivity contribution >= 4 is 17.7 Å². The van der Waals surface area contributed by atoms with Crippen LogP contribution in [0.3, 0.4) is 0 Å². The molecule has 2 aromatic carbocycles. The zero-order valence-electron chi connectivity index (χ0n) is 18.0. The number of anilines is 1. The number of hydrogen-bond acceptors (Lipinski definition) is 4. The lowest BCUT2D eigenvalue weighted by molar-refractivity contribution is -0.119. The highest BCUT2D eigenvalue weighted by Gasteiger charge is 2.25. The van der Waals surface area contributed by atoms with Crippen LogP contribution in [0.2, 0.25) is 0 Å². The summed E-state index contributed by atoms with van der Waals surface area (Å²) < 4.78 is 7.30. The summed E-state index contributed by atoms with van der Waals surface area (Å²) in [5.41, 5.74) is 2.65. The minimum absolute atomic E-state index is 0.104. The molecule has 7 nitrogen and oxygen atoms in total. The summed E-state index contributed by atoms with van der Waals surface area (Å²) in [6.45, 7) is 6.56. The fourth-order valence-electron chi connectivity index (χ4n) is 3.11. The molecule has 1 atom stereocenters. The van der Waals surface area contributed by atoms with Gasteiger partial charge in [-0.2, -0.15) is 0 Å². The number of carbonyl (C=O) groups is 2. The van der Waals surface area contributed by atoms with E-state index in [-0.39, 0.29) is 18.4 Å². The van der Waals surface area contributed by atoms with Gasteiger partial charge in [0.1, 0.15) is 18.5 Å². The van der Waals surface area contributed by atoms with Crippen molar-refractivity contribution in [1.29, 1.82) is 0 Å². The molecule has 0 aliphatic heterocycles. The molecule has 0 spiro atoms. The highest BCUT2D eigenvalue weighted by molar-refractivity contribution is 5.96. The average molecular weight is 421 g/mol. The van der Waals surface area contributed by atoms with Crippen LogP contribution in [0.4, 0.5) is 10.5 Å². The Morgan fingerprint density at radius 2 is 1.74 bits per heavy atom. The zero-order valence-corrected chi connectivity index (χ0v) is 18.0. The molecule has 2 N–H and O–H groups in total. The first kappa shape index (κ1) is 22.1. The lowest BCUT2D eigenvalue weighted by Crippen LogP contribution is -2.47. The molecule has 1 aromatic heterocycles. The van der Waals surface area contributed by atoms with E-state index in [0.717, 1.165) is 17.0 Å². The SMILES string of the molecule is Cc1nccn1Cc1ccc(NC(=O)[C@@H](NC(=O)OCc2ccccc2)C(C)C)cc1. The lowest BCUT2D eigenvalue weighted by Gasteiger charge is -2.21. The summed E-state index contributed by atoms with van der Waals surface area (Å²) in [6, 6.07) is 16.3. The molecule has 2 amide bonds. The maximum absolute atomic E-state index is 12.8. The van der Waals surface area contributed by atoms with Crippen molar-refractivity contribution in [3.8, 4) is 0 Å². The Labute approximate surface area is 182 Å². The standard InChI is InChI=1S/C24H28N4O3/c1-17(2)22(27-24(30)31-16-20-7-5-4-6-8-20)23(29)26-21-11-9-19(10-12-21)15-28-14-13-25-18(28)3/h4-14,17,22H,15-16H2,1-3H3,(H,26,29)(H,27,30)/t22-/m0/s1. The van der Waals surface area contributed by atoms with Gasteiger partial charge in [0, 0.05) is 24.6 Å². The number of alkyl carbamates (subject to hydrolysis) is 1. The number of ether oxygens (including phenoxy) is 1. The second-order valence-electron chi connectivity index (χ2n) is 7.72. The highest BCUT2D eigenvalue weighted by atomic mass is 16.5. The van der Waals surface area contributed by atoms with Crippen LogP contribution in [-0.2, 0) is 22.7 Å². The zero-order chi connectivity index (χ0) is 22.2. The van der Waals surface area contributed by atoms with E-state index >= 15 is 0 Å². The van der Waals surface area contributed by atoms with E-state index in [1.165, 1.54) is 0 Å². The summed E-state index contributed by atoms with van der Waals surface area (Å²) in [4.78, 5) is 29.2. The first-order valence-electron chi connectivity index (χ1n) is 10.3. The molecule has 0 radical (unpaired) electrons. The number of amides is 2. The van der Waals surface area contributed by atoms with Gasteiger partial charge in [-0.15, -0.1) is 0 Å². The molecule has 0 unspecified atom stereocenters. The molecule has 0 fully saturated rings. The summed E-state index contributed by atoms with van der Waals surface area (Å²) in [5, 5.41) is 5.54. The number of nitrogens with one attached hydrogen (secondary N) is 2. The predicted octanol–water partition coefficient (Wildman–Crippen LogP) is 4.13. The van der Waals surface area contributed by atoms with Gasteiger partial charge in [-0.1, -0.05) is 56.3 Å². The van der Waals surface area contributed by atoms with E-state index in [4.69, 9.17) is 4.74 Å². The van der Waals surface area contributed by atoms with Crippen molar-refractivity contribution < 1.29 is 14.3 Å². The van der Waals surface area contributed by atoms with E-state index in [0.29, 0.717) is 12.2 Å². The summed E-state index contributed by atoms with van der Waals surface area (Å²) in [5.74, 6) is 0.556. The second-order valence-corrected chi connectivity index (χ2v) is 7.72. The van der Waals surface area contributed by atoms with Crippen LogP contribution in [0.5, 0.6) is 0 Å². The Morgan fingerprint density at radius 3 is 2.35 bits per heavy atom. The normalized spacial score (nSPS) is 11.7. The van der Waals surface area contributed by atoms with E-state index in [9.17, 15) is 9.59 Å². The molecular weight excluding hydrogens is 392 g/mol. The maximum Gasteiger partial charge on any atom is 0.408 e. The van der Waals surface area contributed by atoms with Crippen LogP contribution in [0, 0.1) is 12.8 Å². The van der Waals surface area contributed by atoms with Crippen LogP contribution >= 0.6 is 0 Å². The van der Waals surface area contributed by atoms with Crippen LogP contribution in [0.1, 0.15) is 30.8 Å². The number of aryl methyl sites for hydroxylation is 1. The van der Waals surface area contributed by atoms with Crippen LogP contribution in [0.15, 0.2) is 67.0 Å². The minimum atomic E-state index is -0.712. The van der Waals surface area contributed by atoms with Crippen LogP contribution < -0.4 is 10.6 Å². The van der Waals surface area contributed by atoms with Crippen LogP contribution in [-0.4, -0.2) is 27.6 Å². The molecular formula is C24H28N4O3. The van der Waals surface area contributed by atoms with Gasteiger partial charge < -0.3 is 19.9 Å². The molecule has 0 saturated carbocycles. The largest absolute Gasteiger partial charge is 0.445 e. The molecule has 162 valence electrons. The van der Waals surface area contributed by atoms with Gasteiger partial charge in [-0.25, -0.2) is 9.78 Å². The van der Waals surface area contributed by atoms with Gasteiger partial charge in [0.05, 0.1) is 0 Å². The van der Waals surface area contributed by atoms with E-state index < -0.39 is 12.1 Å². The Hall–Kier alpha value is -3.61. The van der Waals surface area contributed by atoms with Crippen molar-refractivity contribution in [1.82, 2.24) is 14.9 Å². The van der Waals surface area contributed by atoms with E-state index in [2.05, 4.69) is 15.6 Å². The fraction of sp³-hybridized carbons (Fsp3) is 0.292. The Bertz CT molecular complexity index is 997. The monoisotopic (exact) mass is 420 g/mol. The third-order valence-corrected chi connectivity index (χ3v) is 4.93. The molecule has 0 bridgehead atoms. The van der Waals surface area contributed by atoms with Crippen molar-refractivity contribution in [2.24, 2.45) is 5.92 Å². The molecule has 31 heavy (non-hydrogen) atoms. The number of benzene rings is 2. The van der Waals surface area contributed by atoms with Gasteiger partial charge >= 0.3 is 6.09 Å². The third kappa shape index (κ3) is 6.44. The van der Waals surface area contributed by atoms with Crippen LogP contribution in [0.25, 0.3) is 0 Å². The highest BCUT2D eigenvalue weighted by Crippen LogP contribution is 2.14. The maximum atomic E-state index is 12.8. The summed E-state index contributed by atoms with van der Waals surface area (Å²) >= 11 is 0. The Kier molecular flexibility index (Phi) is 7.43. The van der Waals surface area contributed by atoms with Crippen molar-refractivity contribution in [2.45, 2.75) is 40.0 Å². The van der Waals surface area contributed by atoms with Gasteiger partial charge in [-0.05, 0) is 36.1 Å². The Morgan fingerprint density at radius 1 is 1.03 bits per heavy atom. The van der Waals surface area contributed by atoms with Crippen molar-refractivity contribution in [2.75, 3.05) is 5.32 Å². The molecule has 3 aromatic rings. The molecule has 0 saturated heterocycles. The number of rotatable bonds is 8. The van der Waals surface area contributed by atoms with Crippen molar-refractivity contribution in [3.05, 3.63) is 83.9 Å². The number of aromatic nitrogens is 2. The number of carbonyl (C=O) groups excluding carboxylic acids is 2. The van der Waals surface area contributed by atoms with Gasteiger partial charge in [0.2, 0.25) is 5.91 Å². The molecule has 1 heterocycles. The second kappa shape index (κ2) is 10.4.